The molecule has 1 heterocycles. The maximum atomic E-state index is 12.4. The van der Waals surface area contributed by atoms with Gasteiger partial charge >= 0.3 is 0 Å². The molecule has 1 aliphatic rings. The largest absolute Gasteiger partial charge is 0.338 e. The van der Waals surface area contributed by atoms with Crippen LogP contribution in [0.4, 0.5) is 0 Å². The van der Waals surface area contributed by atoms with Gasteiger partial charge in [-0.3, -0.25) is 4.79 Å². The van der Waals surface area contributed by atoms with E-state index in [1.54, 1.807) is 0 Å². The number of carbonyl (C=O) groups is 1. The van der Waals surface area contributed by atoms with Gasteiger partial charge in [0, 0.05) is 18.7 Å². The Morgan fingerprint density at radius 1 is 1.35 bits per heavy atom. The number of likely N-dealkylation sites (tertiary alicyclic amines) is 1. The third-order valence-corrected chi connectivity index (χ3v) is 4.16. The highest BCUT2D eigenvalue weighted by Crippen LogP contribution is 2.29. The van der Waals surface area contributed by atoms with Gasteiger partial charge in [0.05, 0.1) is 0 Å². The Morgan fingerprint density at radius 2 is 1.95 bits per heavy atom. The fourth-order valence-electron chi connectivity index (χ4n) is 2.56. The summed E-state index contributed by atoms with van der Waals surface area (Å²) in [6, 6.07) is 7.98. The van der Waals surface area contributed by atoms with Crippen molar-refractivity contribution < 1.29 is 4.79 Å². The molecule has 3 nitrogen and oxygen atoms in total. The van der Waals surface area contributed by atoms with E-state index in [1.165, 1.54) is 5.56 Å². The highest BCUT2D eigenvalue weighted by Gasteiger charge is 2.35. The van der Waals surface area contributed by atoms with Crippen molar-refractivity contribution in [1.29, 1.82) is 0 Å². The monoisotopic (exact) mass is 296 g/mol. The van der Waals surface area contributed by atoms with Crippen LogP contribution in [-0.4, -0.2) is 30.4 Å². The SMILES string of the molecule is CC(C)c1ccc(C(=O)N2CCC(C)(CN)C2)cc1.Cl. The molecule has 1 unspecified atom stereocenters. The van der Waals surface area contributed by atoms with Gasteiger partial charge in [-0.15, -0.1) is 12.4 Å². The van der Waals surface area contributed by atoms with Gasteiger partial charge in [0.1, 0.15) is 0 Å². The van der Waals surface area contributed by atoms with Crippen LogP contribution in [0.1, 0.15) is 49.0 Å². The van der Waals surface area contributed by atoms with Crippen molar-refractivity contribution in [3.8, 4) is 0 Å². The number of rotatable bonds is 3. The molecule has 0 radical (unpaired) electrons. The lowest BCUT2D eigenvalue weighted by Gasteiger charge is -2.22. The van der Waals surface area contributed by atoms with Crippen LogP contribution >= 0.6 is 12.4 Å². The van der Waals surface area contributed by atoms with Crippen LogP contribution in [0.5, 0.6) is 0 Å². The van der Waals surface area contributed by atoms with E-state index >= 15 is 0 Å². The first-order valence-electron chi connectivity index (χ1n) is 7.04. The van der Waals surface area contributed by atoms with E-state index in [4.69, 9.17) is 5.73 Å². The third-order valence-electron chi connectivity index (χ3n) is 4.16. The molecule has 2 N–H and O–H groups in total. The smallest absolute Gasteiger partial charge is 0.253 e. The summed E-state index contributed by atoms with van der Waals surface area (Å²) in [5.74, 6) is 0.629. The molecule has 4 heteroatoms. The Kier molecular flexibility index (Phi) is 5.60. The Labute approximate surface area is 127 Å². The molecule has 1 saturated heterocycles. The zero-order chi connectivity index (χ0) is 14.0. The number of hydrogen-bond donors (Lipinski definition) is 1. The summed E-state index contributed by atoms with van der Waals surface area (Å²) in [4.78, 5) is 14.3. The topological polar surface area (TPSA) is 46.3 Å². The van der Waals surface area contributed by atoms with Crippen LogP contribution in [0.15, 0.2) is 24.3 Å². The highest BCUT2D eigenvalue weighted by atomic mass is 35.5. The highest BCUT2D eigenvalue weighted by molar-refractivity contribution is 5.94. The van der Waals surface area contributed by atoms with E-state index in [2.05, 4.69) is 32.9 Å². The number of amides is 1. The van der Waals surface area contributed by atoms with Gasteiger partial charge in [0.2, 0.25) is 0 Å². The first-order chi connectivity index (χ1) is 8.95. The molecule has 0 aromatic heterocycles. The van der Waals surface area contributed by atoms with Crippen molar-refractivity contribution in [2.45, 2.75) is 33.1 Å². The van der Waals surface area contributed by atoms with Crippen LogP contribution in [0.3, 0.4) is 0 Å². The van der Waals surface area contributed by atoms with Crippen LogP contribution in [0.25, 0.3) is 0 Å². The van der Waals surface area contributed by atoms with E-state index in [1.807, 2.05) is 17.0 Å². The second-order valence-corrected chi connectivity index (χ2v) is 6.27. The molecule has 0 saturated carbocycles. The number of carbonyl (C=O) groups excluding carboxylic acids is 1. The minimum absolute atomic E-state index is 0. The Hall–Kier alpha value is -1.06. The zero-order valence-electron chi connectivity index (χ0n) is 12.6. The van der Waals surface area contributed by atoms with Gasteiger partial charge in [-0.1, -0.05) is 32.9 Å². The van der Waals surface area contributed by atoms with Crippen molar-refractivity contribution in [3.63, 3.8) is 0 Å². The summed E-state index contributed by atoms with van der Waals surface area (Å²) >= 11 is 0. The lowest BCUT2D eigenvalue weighted by Crippen LogP contribution is -2.34. The van der Waals surface area contributed by atoms with Crippen LogP contribution in [0, 0.1) is 5.41 Å². The molecule has 1 amide bonds. The fourth-order valence-corrected chi connectivity index (χ4v) is 2.56. The van der Waals surface area contributed by atoms with E-state index in [9.17, 15) is 4.79 Å². The maximum absolute atomic E-state index is 12.4. The Bertz CT molecular complexity index is 458. The molecule has 2 rings (SSSR count). The number of nitrogens with zero attached hydrogens (tertiary/aromatic N) is 1. The Morgan fingerprint density at radius 3 is 2.40 bits per heavy atom. The van der Waals surface area contributed by atoms with Crippen molar-refractivity contribution in [1.82, 2.24) is 4.90 Å². The first kappa shape index (κ1) is 17.0. The zero-order valence-corrected chi connectivity index (χ0v) is 13.4. The van der Waals surface area contributed by atoms with E-state index in [0.29, 0.717) is 12.5 Å². The summed E-state index contributed by atoms with van der Waals surface area (Å²) in [5.41, 5.74) is 7.93. The number of benzene rings is 1. The summed E-state index contributed by atoms with van der Waals surface area (Å²) < 4.78 is 0. The second-order valence-electron chi connectivity index (χ2n) is 6.27. The standard InChI is InChI=1S/C16H24N2O.ClH/c1-12(2)13-4-6-14(7-5-13)15(19)18-9-8-16(3,10-17)11-18;/h4-7,12H,8-11,17H2,1-3H3;1H. The van der Waals surface area contributed by atoms with Gasteiger partial charge in [-0.2, -0.15) is 0 Å². The van der Waals surface area contributed by atoms with Gasteiger partial charge < -0.3 is 10.6 Å². The van der Waals surface area contributed by atoms with Gasteiger partial charge in [0.25, 0.3) is 5.91 Å². The van der Waals surface area contributed by atoms with Gasteiger partial charge in [-0.25, -0.2) is 0 Å². The molecule has 0 bridgehead atoms. The number of halogens is 1. The van der Waals surface area contributed by atoms with Crippen molar-refractivity contribution in [2.75, 3.05) is 19.6 Å². The average Bonchev–Trinajstić information content (AvgIpc) is 2.81. The van der Waals surface area contributed by atoms with Crippen LogP contribution in [0.2, 0.25) is 0 Å². The molecule has 20 heavy (non-hydrogen) atoms. The predicted octanol–water partition coefficient (Wildman–Crippen LogP) is 3.04. The summed E-state index contributed by atoms with van der Waals surface area (Å²) in [7, 11) is 0. The van der Waals surface area contributed by atoms with Crippen molar-refractivity contribution in [3.05, 3.63) is 35.4 Å². The molecule has 1 aromatic rings. The van der Waals surface area contributed by atoms with Crippen LogP contribution < -0.4 is 5.73 Å². The molecule has 0 spiro atoms. The summed E-state index contributed by atoms with van der Waals surface area (Å²) in [6.45, 7) is 8.70. The first-order valence-corrected chi connectivity index (χ1v) is 7.04. The molecule has 1 aromatic carbocycles. The Balaban J connectivity index is 0.00000200. The summed E-state index contributed by atoms with van der Waals surface area (Å²) in [6.07, 6.45) is 0.999. The molecule has 1 atom stereocenters. The van der Waals surface area contributed by atoms with Gasteiger partial charge in [0.15, 0.2) is 0 Å². The molecule has 1 fully saturated rings. The summed E-state index contributed by atoms with van der Waals surface area (Å²) in [5, 5.41) is 0. The number of nitrogens with two attached hydrogens (primary N) is 1. The van der Waals surface area contributed by atoms with E-state index in [-0.39, 0.29) is 23.7 Å². The van der Waals surface area contributed by atoms with Crippen molar-refractivity contribution in [2.24, 2.45) is 11.1 Å². The molecular weight excluding hydrogens is 272 g/mol. The normalized spacial score (nSPS) is 21.9. The quantitative estimate of drug-likeness (QED) is 0.932. The number of hydrogen-bond acceptors (Lipinski definition) is 2. The molecule has 1 aliphatic heterocycles. The minimum Gasteiger partial charge on any atom is -0.338 e. The lowest BCUT2D eigenvalue weighted by molar-refractivity contribution is 0.0777. The molecular formula is C16H25ClN2O. The van der Waals surface area contributed by atoms with E-state index < -0.39 is 0 Å². The third kappa shape index (κ3) is 3.53. The maximum Gasteiger partial charge on any atom is 0.253 e. The van der Waals surface area contributed by atoms with E-state index in [0.717, 1.165) is 25.1 Å². The second kappa shape index (κ2) is 6.59. The van der Waals surface area contributed by atoms with Gasteiger partial charge in [-0.05, 0) is 42.0 Å². The van der Waals surface area contributed by atoms with Crippen molar-refractivity contribution >= 4 is 18.3 Å². The minimum atomic E-state index is 0. The van der Waals surface area contributed by atoms with Crippen LogP contribution in [-0.2, 0) is 0 Å². The predicted molar refractivity (Wildman–Crippen MR) is 85.5 cm³/mol. The molecule has 0 aliphatic carbocycles. The fraction of sp³-hybridized carbons (Fsp3) is 0.562. The average molecular weight is 297 g/mol. The molecule has 112 valence electrons. The lowest BCUT2D eigenvalue weighted by atomic mass is 9.90.